The highest BCUT2D eigenvalue weighted by atomic mass is 19.1. The molecule has 1 aromatic carbocycles. The van der Waals surface area contributed by atoms with Gasteiger partial charge in [0.05, 0.1) is 12.3 Å². The van der Waals surface area contributed by atoms with Crippen LogP contribution < -0.4 is 0 Å². The van der Waals surface area contributed by atoms with Crippen molar-refractivity contribution in [3.63, 3.8) is 0 Å². The highest BCUT2D eigenvalue weighted by molar-refractivity contribution is 5.23. The van der Waals surface area contributed by atoms with Crippen LogP contribution in [0.25, 0.3) is 0 Å². The summed E-state index contributed by atoms with van der Waals surface area (Å²) in [6.45, 7) is 0. The first-order chi connectivity index (χ1) is 8.58. The third-order valence-electron chi connectivity index (χ3n) is 2.58. The zero-order chi connectivity index (χ0) is 13.1. The summed E-state index contributed by atoms with van der Waals surface area (Å²) in [7, 11) is 0. The van der Waals surface area contributed by atoms with Gasteiger partial charge in [0.15, 0.2) is 0 Å². The molecule has 0 aliphatic carbocycles. The minimum absolute atomic E-state index is 0.00119. The molecule has 1 unspecified atom stereocenters. The number of pyridine rings is 1. The predicted molar refractivity (Wildman–Crippen MR) is 59.2 cm³/mol. The lowest BCUT2D eigenvalue weighted by molar-refractivity contribution is 0.172. The molecule has 2 rings (SSSR count). The van der Waals surface area contributed by atoms with Crippen LogP contribution >= 0.6 is 0 Å². The van der Waals surface area contributed by atoms with Crippen LogP contribution in [0.5, 0.6) is 0 Å². The maximum absolute atomic E-state index is 13.4. The maximum atomic E-state index is 13.4. The smallest absolute Gasteiger partial charge is 0.147 e. The molecule has 5 heteroatoms. The van der Waals surface area contributed by atoms with E-state index in [0.717, 1.165) is 24.4 Å². The average molecular weight is 253 g/mol. The highest BCUT2D eigenvalue weighted by Crippen LogP contribution is 2.22. The molecular weight excluding hydrogens is 243 g/mol. The number of rotatable bonds is 3. The molecule has 0 amide bonds. The molecule has 0 aliphatic rings. The van der Waals surface area contributed by atoms with Crippen LogP contribution in [-0.2, 0) is 6.42 Å². The summed E-state index contributed by atoms with van der Waals surface area (Å²) in [5.41, 5.74) is 0.00683. The van der Waals surface area contributed by atoms with Crippen LogP contribution in [0, 0.1) is 17.5 Å². The van der Waals surface area contributed by atoms with Gasteiger partial charge in [-0.25, -0.2) is 13.2 Å². The number of hydrogen-bond acceptors (Lipinski definition) is 2. The van der Waals surface area contributed by atoms with E-state index >= 15 is 0 Å². The van der Waals surface area contributed by atoms with Gasteiger partial charge in [0.25, 0.3) is 0 Å². The van der Waals surface area contributed by atoms with Gasteiger partial charge in [-0.15, -0.1) is 0 Å². The zero-order valence-corrected chi connectivity index (χ0v) is 9.28. The molecule has 1 atom stereocenters. The van der Waals surface area contributed by atoms with Gasteiger partial charge in [0.1, 0.15) is 17.5 Å². The van der Waals surface area contributed by atoms with Crippen LogP contribution in [0.1, 0.15) is 17.2 Å². The largest absolute Gasteiger partial charge is 0.388 e. The second kappa shape index (κ2) is 5.18. The van der Waals surface area contributed by atoms with Crippen LogP contribution in [0.2, 0.25) is 0 Å². The van der Waals surface area contributed by atoms with Crippen LogP contribution in [-0.4, -0.2) is 10.1 Å². The Morgan fingerprint density at radius 2 is 1.89 bits per heavy atom. The molecule has 1 heterocycles. The van der Waals surface area contributed by atoms with Gasteiger partial charge in [0.2, 0.25) is 0 Å². The fraction of sp³-hybridized carbons (Fsp3) is 0.154. The SMILES string of the molecule is OC(Cc1cc(F)ccc1F)c1ccncc1F. The van der Waals surface area contributed by atoms with Crippen molar-refractivity contribution in [1.82, 2.24) is 4.98 Å². The molecule has 1 aromatic heterocycles. The summed E-state index contributed by atoms with van der Waals surface area (Å²) in [5, 5.41) is 9.81. The summed E-state index contributed by atoms with van der Waals surface area (Å²) >= 11 is 0. The molecule has 2 nitrogen and oxygen atoms in total. The van der Waals surface area contributed by atoms with Crippen molar-refractivity contribution >= 4 is 0 Å². The summed E-state index contributed by atoms with van der Waals surface area (Å²) < 4.78 is 39.6. The molecule has 0 spiro atoms. The van der Waals surface area contributed by atoms with Crippen molar-refractivity contribution in [1.29, 1.82) is 0 Å². The van der Waals surface area contributed by atoms with Crippen molar-refractivity contribution in [2.45, 2.75) is 12.5 Å². The Kier molecular flexibility index (Phi) is 3.62. The van der Waals surface area contributed by atoms with Crippen molar-refractivity contribution in [2.24, 2.45) is 0 Å². The molecule has 0 radical (unpaired) electrons. The summed E-state index contributed by atoms with van der Waals surface area (Å²) in [5.74, 6) is -1.92. The Labute approximate surface area is 102 Å². The zero-order valence-electron chi connectivity index (χ0n) is 9.28. The molecule has 0 fully saturated rings. The fourth-order valence-electron chi connectivity index (χ4n) is 1.67. The Bertz CT molecular complexity index is 560. The minimum Gasteiger partial charge on any atom is -0.388 e. The van der Waals surface area contributed by atoms with Gasteiger partial charge < -0.3 is 5.11 Å². The van der Waals surface area contributed by atoms with E-state index in [2.05, 4.69) is 4.98 Å². The second-order valence-corrected chi connectivity index (χ2v) is 3.85. The van der Waals surface area contributed by atoms with Gasteiger partial charge in [0, 0.05) is 18.2 Å². The summed E-state index contributed by atoms with van der Waals surface area (Å²) in [6, 6.07) is 4.24. The lowest BCUT2D eigenvalue weighted by Gasteiger charge is -2.12. The Hall–Kier alpha value is -1.88. The quantitative estimate of drug-likeness (QED) is 0.912. The lowest BCUT2D eigenvalue weighted by Crippen LogP contribution is -2.06. The van der Waals surface area contributed by atoms with Crippen LogP contribution in [0.3, 0.4) is 0 Å². The van der Waals surface area contributed by atoms with E-state index in [4.69, 9.17) is 0 Å². The van der Waals surface area contributed by atoms with Crippen LogP contribution in [0.4, 0.5) is 13.2 Å². The Morgan fingerprint density at radius 3 is 2.61 bits per heavy atom. The summed E-state index contributed by atoms with van der Waals surface area (Å²) in [4.78, 5) is 3.55. The topological polar surface area (TPSA) is 33.1 Å². The van der Waals surface area contributed by atoms with Gasteiger partial charge in [-0.3, -0.25) is 4.98 Å². The monoisotopic (exact) mass is 253 g/mol. The molecule has 18 heavy (non-hydrogen) atoms. The van der Waals surface area contributed by atoms with Crippen molar-refractivity contribution in [2.75, 3.05) is 0 Å². The fourth-order valence-corrected chi connectivity index (χ4v) is 1.67. The third kappa shape index (κ3) is 2.68. The van der Waals surface area contributed by atoms with Crippen molar-refractivity contribution in [3.8, 4) is 0 Å². The van der Waals surface area contributed by atoms with Crippen LogP contribution in [0.15, 0.2) is 36.7 Å². The van der Waals surface area contributed by atoms with E-state index in [-0.39, 0.29) is 17.5 Å². The van der Waals surface area contributed by atoms with Crippen molar-refractivity contribution < 1.29 is 18.3 Å². The number of aromatic nitrogens is 1. The Morgan fingerprint density at radius 1 is 1.11 bits per heavy atom. The molecule has 0 saturated heterocycles. The predicted octanol–water partition coefficient (Wildman–Crippen LogP) is 2.78. The molecular formula is C13H10F3NO. The lowest BCUT2D eigenvalue weighted by atomic mass is 10.0. The van der Waals surface area contributed by atoms with E-state index in [1.54, 1.807) is 0 Å². The molecule has 0 aliphatic heterocycles. The minimum atomic E-state index is -1.25. The first-order valence-electron chi connectivity index (χ1n) is 5.29. The number of benzene rings is 1. The van der Waals surface area contributed by atoms with Gasteiger partial charge in [-0.05, 0) is 29.8 Å². The standard InChI is InChI=1S/C13H10F3NO/c14-9-1-2-11(15)8(5-9)6-13(18)10-3-4-17-7-12(10)16/h1-5,7,13,18H,6H2. The highest BCUT2D eigenvalue weighted by Gasteiger charge is 2.15. The molecule has 0 saturated carbocycles. The van der Waals surface area contributed by atoms with Gasteiger partial charge in [-0.1, -0.05) is 0 Å². The average Bonchev–Trinajstić information content (AvgIpc) is 2.34. The molecule has 1 N–H and O–H groups in total. The third-order valence-corrected chi connectivity index (χ3v) is 2.58. The normalized spacial score (nSPS) is 12.4. The van der Waals surface area contributed by atoms with Crippen molar-refractivity contribution in [3.05, 3.63) is 65.2 Å². The maximum Gasteiger partial charge on any atom is 0.147 e. The molecule has 0 bridgehead atoms. The summed E-state index contributed by atoms with van der Waals surface area (Å²) in [6.07, 6.45) is 0.832. The van der Waals surface area contributed by atoms with E-state index in [0.29, 0.717) is 0 Å². The number of hydrogen-bond donors (Lipinski definition) is 1. The number of aliphatic hydroxyl groups excluding tert-OH is 1. The van der Waals surface area contributed by atoms with E-state index < -0.39 is 23.6 Å². The second-order valence-electron chi connectivity index (χ2n) is 3.85. The van der Waals surface area contributed by atoms with E-state index in [1.807, 2.05) is 0 Å². The number of nitrogens with zero attached hydrogens (tertiary/aromatic N) is 1. The first kappa shape index (κ1) is 12.6. The van der Waals surface area contributed by atoms with E-state index in [1.165, 1.54) is 12.3 Å². The number of halogens is 3. The first-order valence-corrected chi connectivity index (χ1v) is 5.29. The van der Waals surface area contributed by atoms with Gasteiger partial charge >= 0.3 is 0 Å². The Balaban J connectivity index is 2.24. The van der Waals surface area contributed by atoms with Gasteiger partial charge in [-0.2, -0.15) is 0 Å². The van der Waals surface area contributed by atoms with E-state index in [9.17, 15) is 18.3 Å². The number of aliphatic hydroxyl groups is 1. The molecule has 94 valence electrons. The molecule has 2 aromatic rings.